The van der Waals surface area contributed by atoms with Crippen molar-refractivity contribution >= 4 is 33.2 Å². The molecule has 4 heterocycles. The minimum absolute atomic E-state index is 0.571. The molecule has 2 N–H and O–H groups in total. The van der Waals surface area contributed by atoms with E-state index in [1.165, 1.54) is 12.8 Å². The zero-order chi connectivity index (χ0) is 15.3. The van der Waals surface area contributed by atoms with E-state index < -0.39 is 0 Å². The molecule has 0 radical (unpaired) electrons. The predicted octanol–water partition coefficient (Wildman–Crippen LogP) is 2.07. The summed E-state index contributed by atoms with van der Waals surface area (Å²) < 4.78 is 4.25. The molecule has 1 aliphatic heterocycles. The number of hydrogen-bond donors (Lipinski definition) is 1. The molecule has 3 aromatic heterocycles. The van der Waals surface area contributed by atoms with Crippen molar-refractivity contribution in [2.75, 3.05) is 23.7 Å². The Morgan fingerprint density at radius 2 is 1.95 bits per heavy atom. The van der Waals surface area contributed by atoms with E-state index in [-0.39, 0.29) is 0 Å². The summed E-state index contributed by atoms with van der Waals surface area (Å²) in [7, 11) is 1.89. The number of anilines is 2. The van der Waals surface area contributed by atoms with Crippen LogP contribution in [0.25, 0.3) is 16.8 Å². The van der Waals surface area contributed by atoms with Gasteiger partial charge in [0.2, 0.25) is 0 Å². The molecule has 22 heavy (non-hydrogen) atoms. The Hall–Kier alpha value is -2.09. The summed E-state index contributed by atoms with van der Waals surface area (Å²) in [6.07, 6.45) is 7.93. The summed E-state index contributed by atoms with van der Waals surface area (Å²) in [5, 5.41) is 8.60. The summed E-state index contributed by atoms with van der Waals surface area (Å²) in [4.78, 5) is 7.09. The van der Waals surface area contributed by atoms with Crippen molar-refractivity contribution in [2.24, 2.45) is 7.05 Å². The van der Waals surface area contributed by atoms with Crippen LogP contribution in [0.3, 0.4) is 0 Å². The van der Waals surface area contributed by atoms with Gasteiger partial charge in [-0.2, -0.15) is 14.7 Å². The van der Waals surface area contributed by atoms with Gasteiger partial charge in [0.25, 0.3) is 0 Å². The maximum Gasteiger partial charge on any atom is 0.167 e. The Kier molecular flexibility index (Phi) is 3.07. The first-order chi connectivity index (χ1) is 10.6. The largest absolute Gasteiger partial charge is 0.383 e. The Labute approximate surface area is 135 Å². The van der Waals surface area contributed by atoms with Crippen LogP contribution in [0.1, 0.15) is 12.8 Å². The van der Waals surface area contributed by atoms with Crippen LogP contribution in [0.15, 0.2) is 23.1 Å². The quantitative estimate of drug-likeness (QED) is 0.755. The molecule has 7 nitrogen and oxygen atoms in total. The fourth-order valence-corrected chi connectivity index (χ4v) is 3.39. The lowest BCUT2D eigenvalue weighted by atomic mass is 10.2. The zero-order valence-corrected chi connectivity index (χ0v) is 13.8. The van der Waals surface area contributed by atoms with Crippen LogP contribution in [0.4, 0.5) is 11.6 Å². The summed E-state index contributed by atoms with van der Waals surface area (Å²) >= 11 is 3.57. The van der Waals surface area contributed by atoms with E-state index in [9.17, 15) is 0 Å². The van der Waals surface area contributed by atoms with Gasteiger partial charge in [0, 0.05) is 37.5 Å². The molecular weight excluding hydrogens is 346 g/mol. The summed E-state index contributed by atoms with van der Waals surface area (Å²) in [5.41, 5.74) is 8.93. The Bertz CT molecular complexity index is 844. The SMILES string of the molecule is Cn1cc(-c2cnn3c(N)c(Br)c(N4CCCC4)nc23)cn1. The lowest BCUT2D eigenvalue weighted by Crippen LogP contribution is -2.21. The second-order valence-corrected chi connectivity index (χ2v) is 6.32. The van der Waals surface area contributed by atoms with E-state index in [4.69, 9.17) is 10.7 Å². The van der Waals surface area contributed by atoms with E-state index in [2.05, 4.69) is 31.0 Å². The van der Waals surface area contributed by atoms with Gasteiger partial charge >= 0.3 is 0 Å². The highest BCUT2D eigenvalue weighted by atomic mass is 79.9. The van der Waals surface area contributed by atoms with Crippen molar-refractivity contribution in [1.29, 1.82) is 0 Å². The molecule has 0 spiro atoms. The number of aryl methyl sites for hydroxylation is 1. The van der Waals surface area contributed by atoms with Crippen molar-refractivity contribution < 1.29 is 0 Å². The Morgan fingerprint density at radius 1 is 1.18 bits per heavy atom. The molecular formula is C14H16BrN7. The molecule has 3 aromatic rings. The molecule has 1 fully saturated rings. The number of nitrogens with two attached hydrogens (primary N) is 1. The van der Waals surface area contributed by atoms with E-state index >= 15 is 0 Å². The lowest BCUT2D eigenvalue weighted by Gasteiger charge is -2.19. The fraction of sp³-hybridized carbons (Fsp3) is 0.357. The third-order valence-electron chi connectivity index (χ3n) is 4.03. The normalized spacial score (nSPS) is 15.1. The van der Waals surface area contributed by atoms with Crippen molar-refractivity contribution in [2.45, 2.75) is 12.8 Å². The highest BCUT2D eigenvalue weighted by Crippen LogP contribution is 2.35. The van der Waals surface area contributed by atoms with Gasteiger partial charge in [-0.05, 0) is 28.8 Å². The third-order valence-corrected chi connectivity index (χ3v) is 4.79. The molecule has 4 rings (SSSR count). The molecule has 8 heteroatoms. The van der Waals surface area contributed by atoms with Crippen LogP contribution in [-0.2, 0) is 7.05 Å². The average molecular weight is 362 g/mol. The van der Waals surface area contributed by atoms with E-state index in [0.717, 1.165) is 40.2 Å². The monoisotopic (exact) mass is 361 g/mol. The third kappa shape index (κ3) is 1.98. The standard InChI is InChI=1S/C14H16BrN7/c1-20-8-9(6-17-20)10-7-18-22-12(16)11(15)14(19-13(10)22)21-4-2-3-5-21/h6-8H,2-5,16H2,1H3. The predicted molar refractivity (Wildman–Crippen MR) is 88.7 cm³/mol. The molecule has 0 amide bonds. The number of hydrogen-bond acceptors (Lipinski definition) is 5. The summed E-state index contributed by atoms with van der Waals surface area (Å²) in [5.74, 6) is 1.47. The highest BCUT2D eigenvalue weighted by Gasteiger charge is 2.22. The van der Waals surface area contributed by atoms with E-state index in [1.807, 2.05) is 19.4 Å². The van der Waals surface area contributed by atoms with Crippen LogP contribution >= 0.6 is 15.9 Å². The smallest absolute Gasteiger partial charge is 0.167 e. The number of nitrogen functional groups attached to an aromatic ring is 1. The zero-order valence-electron chi connectivity index (χ0n) is 12.2. The molecule has 0 saturated carbocycles. The van der Waals surface area contributed by atoms with Crippen LogP contribution in [0.2, 0.25) is 0 Å². The molecule has 0 atom stereocenters. The average Bonchev–Trinajstić information content (AvgIpc) is 3.22. The Balaban J connectivity index is 1.93. The number of nitrogens with zero attached hydrogens (tertiary/aromatic N) is 6. The number of fused-ring (bicyclic) bond motifs is 1. The highest BCUT2D eigenvalue weighted by molar-refractivity contribution is 9.10. The molecule has 0 unspecified atom stereocenters. The fourth-order valence-electron chi connectivity index (χ4n) is 2.89. The molecule has 114 valence electrons. The topological polar surface area (TPSA) is 77.3 Å². The maximum atomic E-state index is 6.25. The van der Waals surface area contributed by atoms with Crippen LogP contribution < -0.4 is 10.6 Å². The number of halogens is 1. The summed E-state index contributed by atoms with van der Waals surface area (Å²) in [6.45, 7) is 2.02. The van der Waals surface area contributed by atoms with Gasteiger partial charge in [0.1, 0.15) is 16.1 Å². The van der Waals surface area contributed by atoms with Crippen molar-refractivity contribution in [3.05, 3.63) is 23.1 Å². The number of rotatable bonds is 2. The Morgan fingerprint density at radius 3 is 2.64 bits per heavy atom. The van der Waals surface area contributed by atoms with Crippen molar-refractivity contribution in [1.82, 2.24) is 24.4 Å². The van der Waals surface area contributed by atoms with Crippen LogP contribution in [0.5, 0.6) is 0 Å². The molecule has 0 bridgehead atoms. The second-order valence-electron chi connectivity index (χ2n) is 5.53. The lowest BCUT2D eigenvalue weighted by molar-refractivity contribution is 0.768. The first-order valence-corrected chi connectivity index (χ1v) is 8.01. The van der Waals surface area contributed by atoms with Gasteiger partial charge in [0.15, 0.2) is 5.65 Å². The summed E-state index contributed by atoms with van der Waals surface area (Å²) in [6, 6.07) is 0. The molecule has 1 saturated heterocycles. The first kappa shape index (κ1) is 13.6. The van der Waals surface area contributed by atoms with E-state index in [0.29, 0.717) is 5.82 Å². The van der Waals surface area contributed by atoms with Gasteiger partial charge in [0.05, 0.1) is 12.4 Å². The molecule has 0 aliphatic carbocycles. The van der Waals surface area contributed by atoms with Gasteiger partial charge in [-0.25, -0.2) is 4.98 Å². The molecule has 0 aromatic carbocycles. The van der Waals surface area contributed by atoms with Gasteiger partial charge in [-0.3, -0.25) is 4.68 Å². The van der Waals surface area contributed by atoms with Gasteiger partial charge in [-0.1, -0.05) is 0 Å². The van der Waals surface area contributed by atoms with Gasteiger partial charge < -0.3 is 10.6 Å². The van der Waals surface area contributed by atoms with Crippen molar-refractivity contribution in [3.63, 3.8) is 0 Å². The second kappa shape index (κ2) is 4.98. The van der Waals surface area contributed by atoms with Crippen LogP contribution in [0, 0.1) is 0 Å². The maximum absolute atomic E-state index is 6.25. The van der Waals surface area contributed by atoms with Crippen LogP contribution in [-0.4, -0.2) is 37.5 Å². The van der Waals surface area contributed by atoms with Gasteiger partial charge in [-0.15, -0.1) is 0 Å². The first-order valence-electron chi connectivity index (χ1n) is 7.22. The number of aromatic nitrogens is 5. The minimum atomic E-state index is 0.571. The minimum Gasteiger partial charge on any atom is -0.383 e. The molecule has 1 aliphatic rings. The van der Waals surface area contributed by atoms with Crippen molar-refractivity contribution in [3.8, 4) is 11.1 Å². The van der Waals surface area contributed by atoms with E-state index in [1.54, 1.807) is 15.4 Å².